The predicted molar refractivity (Wildman–Crippen MR) is 56.1 cm³/mol. The van der Waals surface area contributed by atoms with Crippen molar-refractivity contribution in [3.05, 3.63) is 0 Å². The van der Waals surface area contributed by atoms with E-state index in [4.69, 9.17) is 5.73 Å². The van der Waals surface area contributed by atoms with E-state index in [-0.39, 0.29) is 5.41 Å². The van der Waals surface area contributed by atoms with E-state index in [1.807, 2.05) is 0 Å². The molecule has 0 amide bonds. The average molecular weight is 171 g/mol. The maximum Gasteiger partial charge on any atom is 0.00901 e. The Hall–Kier alpha value is -0.0400. The van der Waals surface area contributed by atoms with Gasteiger partial charge < -0.3 is 5.73 Å². The first-order chi connectivity index (χ1) is 5.38. The van der Waals surface area contributed by atoms with E-state index in [9.17, 15) is 0 Å². The van der Waals surface area contributed by atoms with Crippen molar-refractivity contribution < 1.29 is 0 Å². The van der Waals surface area contributed by atoms with Crippen LogP contribution in [0.3, 0.4) is 0 Å². The highest BCUT2D eigenvalue weighted by molar-refractivity contribution is 4.78. The average Bonchev–Trinajstić information content (AvgIpc) is 1.85. The van der Waals surface area contributed by atoms with Crippen LogP contribution in [-0.2, 0) is 0 Å². The lowest BCUT2D eigenvalue weighted by molar-refractivity contribution is 0.270. The van der Waals surface area contributed by atoms with Crippen molar-refractivity contribution in [3.63, 3.8) is 0 Å². The normalized spacial score (nSPS) is 17.5. The summed E-state index contributed by atoms with van der Waals surface area (Å²) in [4.78, 5) is 0. The van der Waals surface area contributed by atoms with Crippen molar-refractivity contribution in [2.24, 2.45) is 17.1 Å². The van der Waals surface area contributed by atoms with Crippen LogP contribution in [0.2, 0.25) is 0 Å². The Labute approximate surface area is 77.7 Å². The van der Waals surface area contributed by atoms with E-state index in [0.29, 0.717) is 6.04 Å². The van der Waals surface area contributed by atoms with Crippen LogP contribution >= 0.6 is 0 Å². The van der Waals surface area contributed by atoms with Gasteiger partial charge in [-0.2, -0.15) is 0 Å². The molecule has 0 rings (SSSR count). The number of rotatable bonds is 4. The Kier molecular flexibility index (Phi) is 4.84. The topological polar surface area (TPSA) is 26.0 Å². The van der Waals surface area contributed by atoms with Crippen molar-refractivity contribution in [1.29, 1.82) is 0 Å². The lowest BCUT2D eigenvalue weighted by Gasteiger charge is -2.29. The van der Waals surface area contributed by atoms with Gasteiger partial charge in [-0.05, 0) is 17.8 Å². The van der Waals surface area contributed by atoms with Crippen LogP contribution in [0.25, 0.3) is 0 Å². The second kappa shape index (κ2) is 4.86. The van der Waals surface area contributed by atoms with Crippen LogP contribution < -0.4 is 5.73 Å². The molecule has 0 aliphatic rings. The van der Waals surface area contributed by atoms with Gasteiger partial charge in [0.25, 0.3) is 0 Å². The fourth-order valence-corrected chi connectivity index (χ4v) is 1.40. The number of nitrogens with two attached hydrogens (primary N) is 1. The Morgan fingerprint density at radius 1 is 1.25 bits per heavy atom. The molecule has 2 atom stereocenters. The van der Waals surface area contributed by atoms with Crippen molar-refractivity contribution in [2.75, 3.05) is 0 Å². The molecule has 0 radical (unpaired) electrons. The molecule has 0 aromatic rings. The van der Waals surface area contributed by atoms with Crippen LogP contribution in [0, 0.1) is 11.3 Å². The summed E-state index contributed by atoms with van der Waals surface area (Å²) >= 11 is 0. The van der Waals surface area contributed by atoms with Crippen LogP contribution in [0.1, 0.15) is 53.9 Å². The minimum Gasteiger partial charge on any atom is -0.327 e. The van der Waals surface area contributed by atoms with Crippen LogP contribution in [0.5, 0.6) is 0 Å². The van der Waals surface area contributed by atoms with Gasteiger partial charge in [0.15, 0.2) is 0 Å². The molecule has 1 heteroatoms. The number of hydrogen-bond donors (Lipinski definition) is 1. The molecule has 0 aromatic heterocycles. The van der Waals surface area contributed by atoms with Crippen molar-refractivity contribution in [1.82, 2.24) is 0 Å². The Morgan fingerprint density at radius 3 is 2.08 bits per heavy atom. The summed E-state index contributed by atoms with van der Waals surface area (Å²) in [7, 11) is 0. The summed E-state index contributed by atoms with van der Waals surface area (Å²) < 4.78 is 0. The van der Waals surface area contributed by atoms with Crippen LogP contribution in [0.4, 0.5) is 0 Å². The van der Waals surface area contributed by atoms with Gasteiger partial charge >= 0.3 is 0 Å². The largest absolute Gasteiger partial charge is 0.327 e. The second-order valence-electron chi connectivity index (χ2n) is 5.10. The molecule has 74 valence electrons. The van der Waals surface area contributed by atoms with Crippen LogP contribution in [0.15, 0.2) is 0 Å². The molecule has 1 nitrogen and oxygen atoms in total. The van der Waals surface area contributed by atoms with E-state index in [1.165, 1.54) is 12.8 Å². The molecule has 0 spiro atoms. The number of hydrogen-bond acceptors (Lipinski definition) is 1. The first-order valence-corrected chi connectivity index (χ1v) is 5.13. The Morgan fingerprint density at radius 2 is 1.75 bits per heavy atom. The van der Waals surface area contributed by atoms with Gasteiger partial charge in [-0.1, -0.05) is 47.5 Å². The molecule has 0 saturated carbocycles. The quantitative estimate of drug-likeness (QED) is 0.690. The van der Waals surface area contributed by atoms with E-state index in [0.717, 1.165) is 12.3 Å². The lowest BCUT2D eigenvalue weighted by atomic mass is 9.81. The maximum atomic E-state index is 6.08. The third-order valence-electron chi connectivity index (χ3n) is 2.55. The van der Waals surface area contributed by atoms with Crippen molar-refractivity contribution in [2.45, 2.75) is 59.9 Å². The minimum atomic E-state index is 0.266. The van der Waals surface area contributed by atoms with Gasteiger partial charge in [-0.25, -0.2) is 0 Å². The Bertz CT molecular complexity index is 113. The highest BCUT2D eigenvalue weighted by atomic mass is 14.7. The molecule has 0 bridgehead atoms. The highest BCUT2D eigenvalue weighted by Crippen LogP contribution is 2.24. The van der Waals surface area contributed by atoms with E-state index < -0.39 is 0 Å². The molecule has 0 aliphatic heterocycles. The molecular weight excluding hydrogens is 146 g/mol. The van der Waals surface area contributed by atoms with Gasteiger partial charge in [-0.15, -0.1) is 0 Å². The van der Waals surface area contributed by atoms with Crippen molar-refractivity contribution >= 4 is 0 Å². The minimum absolute atomic E-state index is 0.266. The molecule has 0 saturated heterocycles. The summed E-state index contributed by atoms with van der Waals surface area (Å²) in [5.74, 6) is 0.782. The summed E-state index contributed by atoms with van der Waals surface area (Å²) in [5.41, 5.74) is 6.35. The third kappa shape index (κ3) is 4.76. The fourth-order valence-electron chi connectivity index (χ4n) is 1.40. The van der Waals surface area contributed by atoms with Gasteiger partial charge in [0.2, 0.25) is 0 Å². The third-order valence-corrected chi connectivity index (χ3v) is 2.55. The molecule has 0 aliphatic carbocycles. The zero-order chi connectivity index (χ0) is 9.78. The van der Waals surface area contributed by atoms with Crippen LogP contribution in [-0.4, -0.2) is 6.04 Å². The summed E-state index contributed by atoms with van der Waals surface area (Å²) in [6.45, 7) is 11.2. The fraction of sp³-hybridized carbons (Fsp3) is 1.00. The molecular formula is C11H25N. The first-order valence-electron chi connectivity index (χ1n) is 5.13. The van der Waals surface area contributed by atoms with Gasteiger partial charge in [0, 0.05) is 6.04 Å². The lowest BCUT2D eigenvalue weighted by Crippen LogP contribution is -2.36. The standard InChI is InChI=1S/C11H25N/c1-6-7-9(2)8-10(12)11(3,4)5/h9-10H,6-8,12H2,1-5H3. The summed E-state index contributed by atoms with van der Waals surface area (Å²) in [5, 5.41) is 0. The van der Waals surface area contributed by atoms with Gasteiger partial charge in [0.05, 0.1) is 0 Å². The van der Waals surface area contributed by atoms with E-state index in [1.54, 1.807) is 0 Å². The molecule has 0 fully saturated rings. The highest BCUT2D eigenvalue weighted by Gasteiger charge is 2.21. The molecule has 2 N–H and O–H groups in total. The van der Waals surface area contributed by atoms with E-state index >= 15 is 0 Å². The zero-order valence-corrected chi connectivity index (χ0v) is 9.35. The summed E-state index contributed by atoms with van der Waals surface area (Å²) in [6, 6.07) is 0.346. The smallest absolute Gasteiger partial charge is 0.00901 e. The maximum absolute atomic E-state index is 6.08. The molecule has 12 heavy (non-hydrogen) atoms. The van der Waals surface area contributed by atoms with Gasteiger partial charge in [-0.3, -0.25) is 0 Å². The molecule has 2 unspecified atom stereocenters. The molecule has 0 heterocycles. The second-order valence-corrected chi connectivity index (χ2v) is 5.10. The predicted octanol–water partition coefficient (Wildman–Crippen LogP) is 3.19. The zero-order valence-electron chi connectivity index (χ0n) is 9.35. The monoisotopic (exact) mass is 171 g/mol. The van der Waals surface area contributed by atoms with Crippen molar-refractivity contribution in [3.8, 4) is 0 Å². The molecule has 0 aromatic carbocycles. The Balaban J connectivity index is 3.76. The summed E-state index contributed by atoms with van der Waals surface area (Å²) in [6.07, 6.45) is 3.75. The SMILES string of the molecule is CCCC(C)CC(N)C(C)(C)C. The first kappa shape index (κ1) is 12.0. The van der Waals surface area contributed by atoms with Gasteiger partial charge in [0.1, 0.15) is 0 Å². The van der Waals surface area contributed by atoms with E-state index in [2.05, 4.69) is 34.6 Å².